The van der Waals surface area contributed by atoms with Gasteiger partial charge in [-0.2, -0.15) is 15.8 Å². The average Bonchev–Trinajstić information content (AvgIpc) is 2.39. The van der Waals surface area contributed by atoms with Crippen molar-refractivity contribution in [1.29, 1.82) is 15.8 Å². The molecular weight excluding hydrogens is 278 g/mol. The van der Waals surface area contributed by atoms with E-state index in [1.165, 1.54) is 18.2 Å². The third kappa shape index (κ3) is 3.33. The van der Waals surface area contributed by atoms with Crippen LogP contribution in [0.15, 0.2) is 34.4 Å². The molecule has 3 N–H and O–H groups in total. The maximum absolute atomic E-state index is 11.4. The molecule has 8 heteroatoms. The van der Waals surface area contributed by atoms with Crippen LogP contribution in [-0.4, -0.2) is 8.42 Å². The van der Waals surface area contributed by atoms with Crippen LogP contribution in [0.5, 0.6) is 0 Å². The molecule has 0 heterocycles. The van der Waals surface area contributed by atoms with Crippen molar-refractivity contribution in [3.63, 3.8) is 0 Å². The number of benzene rings is 1. The van der Waals surface area contributed by atoms with Crippen LogP contribution in [0.3, 0.4) is 0 Å². The van der Waals surface area contributed by atoms with Crippen molar-refractivity contribution < 1.29 is 8.42 Å². The van der Waals surface area contributed by atoms with E-state index in [0.29, 0.717) is 5.56 Å². The molecule has 20 heavy (non-hydrogen) atoms. The third-order valence-electron chi connectivity index (χ3n) is 2.35. The van der Waals surface area contributed by atoms with Crippen LogP contribution in [0.1, 0.15) is 5.56 Å². The Morgan fingerprint density at radius 2 is 1.80 bits per heavy atom. The molecule has 1 aromatic carbocycles. The van der Waals surface area contributed by atoms with Crippen LogP contribution < -0.4 is 10.5 Å². The molecule has 0 aromatic heterocycles. The fraction of sp³-hybridized carbons (Fsp3) is 0.0833. The van der Waals surface area contributed by atoms with E-state index in [-0.39, 0.29) is 16.3 Å². The van der Waals surface area contributed by atoms with Crippen LogP contribution in [-0.2, 0) is 10.0 Å². The number of primary sulfonamides is 1. The molecule has 100 valence electrons. The number of aryl methyl sites for hydroxylation is 1. The molecule has 0 aliphatic carbocycles. The summed E-state index contributed by atoms with van der Waals surface area (Å²) < 4.78 is 22.8. The Kier molecular flexibility index (Phi) is 4.45. The van der Waals surface area contributed by atoms with Crippen molar-refractivity contribution in [3.8, 4) is 18.2 Å². The molecule has 1 rings (SSSR count). The molecule has 0 saturated heterocycles. The summed E-state index contributed by atoms with van der Waals surface area (Å²) in [5.41, 5.74) is 0.0185. The van der Waals surface area contributed by atoms with Gasteiger partial charge >= 0.3 is 0 Å². The molecule has 1 aromatic rings. The summed E-state index contributed by atoms with van der Waals surface area (Å²) in [5, 5.41) is 33.9. The first-order valence-electron chi connectivity index (χ1n) is 5.18. The summed E-state index contributed by atoms with van der Waals surface area (Å²) in [6.07, 6.45) is 0. The Bertz CT molecular complexity index is 788. The predicted octanol–water partition coefficient (Wildman–Crippen LogP) is 0.879. The van der Waals surface area contributed by atoms with Gasteiger partial charge in [0.2, 0.25) is 10.0 Å². The molecule has 0 aliphatic heterocycles. The zero-order valence-electron chi connectivity index (χ0n) is 10.4. The van der Waals surface area contributed by atoms with Crippen LogP contribution in [0, 0.1) is 40.9 Å². The number of anilines is 1. The minimum atomic E-state index is -3.90. The van der Waals surface area contributed by atoms with Crippen molar-refractivity contribution in [2.75, 3.05) is 5.32 Å². The molecule has 0 fully saturated rings. The topological polar surface area (TPSA) is 144 Å². The molecular formula is C12H9N5O2S. The van der Waals surface area contributed by atoms with Crippen molar-refractivity contribution >= 4 is 15.7 Å². The highest BCUT2D eigenvalue weighted by Crippen LogP contribution is 2.20. The largest absolute Gasteiger partial charge is 0.345 e. The van der Waals surface area contributed by atoms with Gasteiger partial charge in [0.25, 0.3) is 0 Å². The molecule has 0 saturated carbocycles. The maximum Gasteiger partial charge on any atom is 0.238 e. The zero-order chi connectivity index (χ0) is 15.3. The van der Waals surface area contributed by atoms with Gasteiger partial charge < -0.3 is 5.32 Å². The Hall–Kier alpha value is -2.86. The van der Waals surface area contributed by atoms with Crippen LogP contribution in [0.2, 0.25) is 0 Å². The number of nitrogens with one attached hydrogen (secondary N) is 1. The fourth-order valence-corrected chi connectivity index (χ4v) is 2.22. The molecule has 0 amide bonds. The zero-order valence-corrected chi connectivity index (χ0v) is 11.2. The third-order valence-corrected chi connectivity index (χ3v) is 3.40. The van der Waals surface area contributed by atoms with E-state index >= 15 is 0 Å². The van der Waals surface area contributed by atoms with Gasteiger partial charge in [-0.25, -0.2) is 13.6 Å². The Morgan fingerprint density at radius 3 is 2.25 bits per heavy atom. The van der Waals surface area contributed by atoms with E-state index in [1.54, 1.807) is 25.1 Å². The van der Waals surface area contributed by atoms with E-state index in [2.05, 4.69) is 5.32 Å². The highest BCUT2D eigenvalue weighted by Gasteiger charge is 2.13. The molecule has 0 bridgehead atoms. The van der Waals surface area contributed by atoms with Gasteiger partial charge in [-0.15, -0.1) is 0 Å². The van der Waals surface area contributed by atoms with Crippen molar-refractivity contribution in [2.45, 2.75) is 11.8 Å². The standard InChI is InChI=1S/C12H9N5O2S/c1-8-2-3-10(4-12(8)20(16,18)19)17-11(7-15)9(5-13)6-14/h2-4,17H,1H3,(H2,16,18,19). The van der Waals surface area contributed by atoms with E-state index in [9.17, 15) is 8.42 Å². The second-order valence-electron chi connectivity index (χ2n) is 3.74. The van der Waals surface area contributed by atoms with Crippen molar-refractivity contribution in [2.24, 2.45) is 5.14 Å². The molecule has 7 nitrogen and oxygen atoms in total. The minimum absolute atomic E-state index is 0.102. The van der Waals surface area contributed by atoms with Gasteiger partial charge in [0.1, 0.15) is 23.9 Å². The lowest BCUT2D eigenvalue weighted by atomic mass is 10.2. The molecule has 0 radical (unpaired) electrons. The Balaban J connectivity index is 3.34. The van der Waals surface area contributed by atoms with Crippen LogP contribution in [0.25, 0.3) is 0 Å². The number of nitrogens with two attached hydrogens (primary N) is 1. The summed E-state index contributed by atoms with van der Waals surface area (Å²) in [7, 11) is -3.90. The predicted molar refractivity (Wildman–Crippen MR) is 70.0 cm³/mol. The van der Waals surface area contributed by atoms with Crippen LogP contribution >= 0.6 is 0 Å². The Labute approximate surface area is 116 Å². The first kappa shape index (κ1) is 15.2. The lowest BCUT2D eigenvalue weighted by Crippen LogP contribution is -2.14. The van der Waals surface area contributed by atoms with Gasteiger partial charge in [0.05, 0.1) is 4.90 Å². The molecule has 0 spiro atoms. The normalized spacial score (nSPS) is 9.75. The highest BCUT2D eigenvalue weighted by atomic mass is 32.2. The van der Waals surface area contributed by atoms with Gasteiger partial charge in [-0.1, -0.05) is 6.07 Å². The average molecular weight is 287 g/mol. The highest BCUT2D eigenvalue weighted by molar-refractivity contribution is 7.89. The maximum atomic E-state index is 11.4. The van der Waals surface area contributed by atoms with Gasteiger partial charge in [-0.3, -0.25) is 0 Å². The number of hydrogen-bond donors (Lipinski definition) is 2. The monoisotopic (exact) mass is 287 g/mol. The lowest BCUT2D eigenvalue weighted by Gasteiger charge is -2.08. The molecule has 0 aliphatic rings. The molecule has 0 atom stereocenters. The van der Waals surface area contributed by atoms with Gasteiger partial charge in [-0.05, 0) is 24.6 Å². The second-order valence-corrected chi connectivity index (χ2v) is 5.27. The number of rotatable bonds is 3. The van der Waals surface area contributed by atoms with Crippen LogP contribution in [0.4, 0.5) is 5.69 Å². The number of nitrogens with zero attached hydrogens (tertiary/aromatic N) is 3. The van der Waals surface area contributed by atoms with Gasteiger partial charge in [0, 0.05) is 5.69 Å². The summed E-state index contributed by atoms with van der Waals surface area (Å²) in [6.45, 7) is 1.57. The van der Waals surface area contributed by atoms with E-state index < -0.39 is 15.6 Å². The smallest absolute Gasteiger partial charge is 0.238 e. The SMILES string of the molecule is Cc1ccc(NC(C#N)=C(C#N)C#N)cc1S(N)(=O)=O. The number of allylic oxidation sites excluding steroid dienone is 2. The first-order valence-corrected chi connectivity index (χ1v) is 6.73. The van der Waals surface area contributed by atoms with Crippen molar-refractivity contribution in [3.05, 3.63) is 35.0 Å². The lowest BCUT2D eigenvalue weighted by molar-refractivity contribution is 0.597. The van der Waals surface area contributed by atoms with Crippen molar-refractivity contribution in [1.82, 2.24) is 0 Å². The number of nitriles is 3. The minimum Gasteiger partial charge on any atom is -0.345 e. The summed E-state index contributed by atoms with van der Waals surface area (Å²) in [5.74, 6) is 0. The fourth-order valence-electron chi connectivity index (χ4n) is 1.41. The second kappa shape index (κ2) is 5.85. The van der Waals surface area contributed by atoms with E-state index in [0.717, 1.165) is 0 Å². The quantitative estimate of drug-likeness (QED) is 0.789. The van der Waals surface area contributed by atoms with E-state index in [4.69, 9.17) is 20.9 Å². The molecule has 0 unspecified atom stereocenters. The first-order chi connectivity index (χ1) is 9.33. The number of hydrogen-bond acceptors (Lipinski definition) is 6. The summed E-state index contributed by atoms with van der Waals surface area (Å²) in [4.78, 5) is -0.102. The van der Waals surface area contributed by atoms with Gasteiger partial charge in [0.15, 0.2) is 5.57 Å². The summed E-state index contributed by atoms with van der Waals surface area (Å²) >= 11 is 0. The number of sulfonamides is 1. The van der Waals surface area contributed by atoms with E-state index in [1.807, 2.05) is 0 Å². The summed E-state index contributed by atoms with van der Waals surface area (Å²) in [6, 6.07) is 9.04. The Morgan fingerprint density at radius 1 is 1.20 bits per heavy atom.